The number of aryl methyl sites for hydroxylation is 1. The van der Waals surface area contributed by atoms with E-state index in [2.05, 4.69) is 20.3 Å². The van der Waals surface area contributed by atoms with Gasteiger partial charge in [-0.05, 0) is 96.8 Å². The molecule has 2 aliphatic carbocycles. The van der Waals surface area contributed by atoms with Gasteiger partial charge in [0.1, 0.15) is 39.3 Å². The van der Waals surface area contributed by atoms with E-state index in [0.29, 0.717) is 43.2 Å². The molecule has 1 aromatic carbocycles. The van der Waals surface area contributed by atoms with Gasteiger partial charge in [0.05, 0.1) is 25.8 Å². The number of carbonyl (C=O) groups is 4. The third-order valence-electron chi connectivity index (χ3n) is 12.6. The first kappa shape index (κ1) is 44.4. The maximum Gasteiger partial charge on any atom is 0.437 e. The smallest absolute Gasteiger partial charge is 0.437 e. The Kier molecular flexibility index (Phi) is 11.8. The lowest BCUT2D eigenvalue weighted by Gasteiger charge is -2.48. The number of pyridine rings is 1. The van der Waals surface area contributed by atoms with Gasteiger partial charge in [-0.1, -0.05) is 25.0 Å². The highest BCUT2D eigenvalue weighted by Gasteiger charge is 2.61. The molecule has 5 aliphatic rings. The molecule has 15 nitrogen and oxygen atoms in total. The lowest BCUT2D eigenvalue weighted by Crippen LogP contribution is -2.70. The van der Waals surface area contributed by atoms with E-state index < -0.39 is 90.9 Å². The molecule has 0 bridgehead atoms. The number of sulfonamides is 1. The average Bonchev–Trinajstić information content (AvgIpc) is 3.89. The first-order chi connectivity index (χ1) is 28.7. The Morgan fingerprint density at radius 2 is 1.80 bits per heavy atom. The average molecular weight is 878 g/mol. The highest BCUT2D eigenvalue weighted by molar-refractivity contribution is 7.91. The number of allylic oxidation sites excluding steroid dienone is 1. The van der Waals surface area contributed by atoms with Gasteiger partial charge in [0.15, 0.2) is 11.4 Å². The SMILES string of the molecule is COCC1(S(=O)(=O)NC(=O)C23CCC2C=CCCCCCC(NC(=O)OC(C)(C)C)C(=O)N2CC4(CCc5c(c(C(F)(F)F)nc6ccc(OC)cc56)O4)CC2C(=O)N3)CC1. The van der Waals surface area contributed by atoms with Gasteiger partial charge in [0, 0.05) is 30.4 Å². The molecule has 19 heteroatoms. The van der Waals surface area contributed by atoms with Gasteiger partial charge in [0.25, 0.3) is 5.91 Å². The third kappa shape index (κ3) is 8.73. The molecule has 2 saturated carbocycles. The molecular weight excluding hydrogens is 824 g/mol. The number of amides is 4. The minimum absolute atomic E-state index is 0.0564. The molecule has 7 rings (SSSR count). The summed E-state index contributed by atoms with van der Waals surface area (Å²) < 4.78 is 95.0. The minimum atomic E-state index is -4.94. The first-order valence-corrected chi connectivity index (χ1v) is 22.3. The van der Waals surface area contributed by atoms with Crippen LogP contribution in [0.25, 0.3) is 10.9 Å². The number of rotatable bonds is 7. The second-order valence-electron chi connectivity index (χ2n) is 18.0. The predicted octanol–water partition coefficient (Wildman–Crippen LogP) is 5.23. The van der Waals surface area contributed by atoms with Gasteiger partial charge in [-0.3, -0.25) is 19.1 Å². The molecule has 334 valence electrons. The molecule has 4 heterocycles. The topological polar surface area (TPSA) is 192 Å². The van der Waals surface area contributed by atoms with Crippen molar-refractivity contribution in [1.29, 1.82) is 0 Å². The third-order valence-corrected chi connectivity index (χ3v) is 14.7. The number of hydrogen-bond donors (Lipinski definition) is 3. The number of halogens is 3. The number of hydrogen-bond acceptors (Lipinski definition) is 11. The van der Waals surface area contributed by atoms with E-state index >= 15 is 0 Å². The zero-order valence-electron chi connectivity index (χ0n) is 35.0. The summed E-state index contributed by atoms with van der Waals surface area (Å²) in [7, 11) is -1.46. The van der Waals surface area contributed by atoms with E-state index in [1.54, 1.807) is 32.9 Å². The molecule has 1 spiro atoms. The first-order valence-electron chi connectivity index (χ1n) is 20.8. The minimum Gasteiger partial charge on any atom is -0.497 e. The van der Waals surface area contributed by atoms with E-state index in [9.17, 15) is 40.8 Å². The van der Waals surface area contributed by atoms with E-state index in [-0.39, 0.29) is 69.2 Å². The molecule has 1 saturated heterocycles. The van der Waals surface area contributed by atoms with Crippen LogP contribution >= 0.6 is 0 Å². The van der Waals surface area contributed by atoms with Crippen LogP contribution in [0.1, 0.15) is 103 Å². The Labute approximate surface area is 352 Å². The second-order valence-corrected chi connectivity index (χ2v) is 20.1. The van der Waals surface area contributed by atoms with E-state index in [4.69, 9.17) is 18.9 Å². The fourth-order valence-corrected chi connectivity index (χ4v) is 10.6. The van der Waals surface area contributed by atoms with Gasteiger partial charge in [-0.15, -0.1) is 0 Å². The fourth-order valence-electron chi connectivity index (χ4n) is 9.08. The molecule has 2 aromatic rings. The maximum atomic E-state index is 14.9. The summed E-state index contributed by atoms with van der Waals surface area (Å²) in [5, 5.41) is 5.92. The molecule has 5 atom stereocenters. The number of alkyl halides is 3. The molecule has 1 aromatic heterocycles. The molecule has 3 N–H and O–H groups in total. The van der Waals surface area contributed by atoms with Crippen molar-refractivity contribution in [1.82, 2.24) is 25.2 Å². The van der Waals surface area contributed by atoms with Gasteiger partial charge in [-0.25, -0.2) is 18.2 Å². The summed E-state index contributed by atoms with van der Waals surface area (Å²) in [6.45, 7) is 4.52. The normalized spacial score (nSPS) is 27.9. The highest BCUT2D eigenvalue weighted by atomic mass is 32.2. The molecule has 3 aliphatic heterocycles. The fraction of sp³-hybridized carbons (Fsp3) is 0.643. The van der Waals surface area contributed by atoms with Crippen molar-refractivity contribution >= 4 is 44.7 Å². The van der Waals surface area contributed by atoms with Crippen LogP contribution in [0.2, 0.25) is 0 Å². The Hall–Kier alpha value is -4.65. The Morgan fingerprint density at radius 3 is 2.44 bits per heavy atom. The summed E-state index contributed by atoms with van der Waals surface area (Å²) in [5.74, 6) is -3.19. The van der Waals surface area contributed by atoms with Gasteiger partial charge in [0.2, 0.25) is 21.8 Å². The summed E-state index contributed by atoms with van der Waals surface area (Å²) in [6, 6.07) is 1.91. The standard InChI is InChI=1S/C42H54F3N5O10S/c1-38(2,3)60-37(54)47-30-12-10-8-6-7-9-11-25-15-18-41(25,36(53)49-61(55,56)40(19-20-40)24-57-4)48-34(51)31-22-39(23-50(31)35(30)52)17-16-27-28-21-26(58-5)13-14-29(28)46-33(32(27)59-39)42(43,44)45/h9,11,13-14,21,25,30-31H,6-8,10,12,15-20,22-24H2,1-5H3,(H,47,54)(H,48,51)(H,49,53). The number of nitrogens with one attached hydrogen (secondary N) is 3. The summed E-state index contributed by atoms with van der Waals surface area (Å²) in [4.78, 5) is 62.3. The van der Waals surface area contributed by atoms with Crippen molar-refractivity contribution in [2.45, 2.75) is 138 Å². The molecule has 61 heavy (non-hydrogen) atoms. The summed E-state index contributed by atoms with van der Waals surface area (Å²) in [5.41, 5.74) is -5.13. The number of benzene rings is 1. The van der Waals surface area contributed by atoms with Crippen molar-refractivity contribution in [3.8, 4) is 11.5 Å². The van der Waals surface area contributed by atoms with Crippen molar-refractivity contribution < 1.29 is 59.7 Å². The Bertz CT molecular complexity index is 2230. The number of aromatic nitrogens is 1. The lowest BCUT2D eigenvalue weighted by atomic mass is 9.65. The number of methoxy groups -OCH3 is 2. The number of fused-ring (bicyclic) bond motifs is 5. The van der Waals surface area contributed by atoms with Crippen LogP contribution in [0.5, 0.6) is 11.5 Å². The van der Waals surface area contributed by atoms with Crippen molar-refractivity contribution in [3.63, 3.8) is 0 Å². The number of nitrogens with zero attached hydrogens (tertiary/aromatic N) is 2. The van der Waals surface area contributed by atoms with Crippen LogP contribution in [0.4, 0.5) is 18.0 Å². The van der Waals surface area contributed by atoms with E-state index in [1.165, 1.54) is 31.3 Å². The van der Waals surface area contributed by atoms with Gasteiger partial charge >= 0.3 is 12.3 Å². The zero-order chi connectivity index (χ0) is 44.2. The van der Waals surface area contributed by atoms with Crippen molar-refractivity contribution in [3.05, 3.63) is 41.6 Å². The zero-order valence-corrected chi connectivity index (χ0v) is 35.9. The van der Waals surface area contributed by atoms with Crippen LogP contribution in [0.15, 0.2) is 30.4 Å². The Balaban J connectivity index is 1.28. The number of ether oxygens (including phenoxy) is 4. The predicted molar refractivity (Wildman–Crippen MR) is 215 cm³/mol. The van der Waals surface area contributed by atoms with Crippen LogP contribution in [-0.4, -0.2) is 103 Å². The van der Waals surface area contributed by atoms with Crippen LogP contribution in [0.3, 0.4) is 0 Å². The highest BCUT2D eigenvalue weighted by Crippen LogP contribution is 2.50. The van der Waals surface area contributed by atoms with Crippen LogP contribution in [0, 0.1) is 5.92 Å². The summed E-state index contributed by atoms with van der Waals surface area (Å²) >= 11 is 0. The van der Waals surface area contributed by atoms with Crippen LogP contribution < -0.4 is 24.8 Å². The maximum absolute atomic E-state index is 14.9. The van der Waals surface area contributed by atoms with E-state index in [0.717, 1.165) is 0 Å². The quantitative estimate of drug-likeness (QED) is 0.309. The molecule has 4 amide bonds. The second kappa shape index (κ2) is 16.2. The van der Waals surface area contributed by atoms with Crippen molar-refractivity contribution in [2.75, 3.05) is 27.4 Å². The molecule has 5 unspecified atom stereocenters. The molecule has 3 fully saturated rings. The summed E-state index contributed by atoms with van der Waals surface area (Å²) in [6.07, 6.45) is 1.40. The van der Waals surface area contributed by atoms with Crippen molar-refractivity contribution in [2.24, 2.45) is 5.92 Å². The number of carbonyl (C=O) groups excluding carboxylic acids is 4. The monoisotopic (exact) mass is 877 g/mol. The Morgan fingerprint density at radius 1 is 1.05 bits per heavy atom. The van der Waals surface area contributed by atoms with Crippen LogP contribution in [-0.2, 0) is 46.5 Å². The lowest BCUT2D eigenvalue weighted by molar-refractivity contribution is -0.145. The number of alkyl carbamates (subject to hydrolysis) is 1. The molecule has 0 radical (unpaired) electrons. The van der Waals surface area contributed by atoms with E-state index in [1.807, 2.05) is 6.08 Å². The largest absolute Gasteiger partial charge is 0.497 e. The molecular formula is C42H54F3N5O10S. The van der Waals surface area contributed by atoms with Gasteiger partial charge in [-0.2, -0.15) is 13.2 Å². The van der Waals surface area contributed by atoms with Gasteiger partial charge < -0.3 is 34.5 Å².